The summed E-state index contributed by atoms with van der Waals surface area (Å²) in [6.45, 7) is 4.87. The SMILES string of the molecule is O=C(c1cc2c(C(F)(F)F)cc(N3CCN(c4ccccc4)CC3)nc2s1)N1CCN(c2ccccc2)CC1. The van der Waals surface area contributed by atoms with Crippen LogP contribution in [0.3, 0.4) is 0 Å². The zero-order valence-corrected chi connectivity index (χ0v) is 22.1. The molecule has 0 aliphatic carbocycles. The molecule has 6 nitrogen and oxygen atoms in total. The number of piperazine rings is 2. The van der Waals surface area contributed by atoms with E-state index in [-0.39, 0.29) is 16.1 Å². The van der Waals surface area contributed by atoms with E-state index in [4.69, 9.17) is 0 Å². The first-order chi connectivity index (χ1) is 18.9. The van der Waals surface area contributed by atoms with Gasteiger partial charge in [0.15, 0.2) is 0 Å². The van der Waals surface area contributed by atoms with E-state index in [1.807, 2.05) is 65.6 Å². The van der Waals surface area contributed by atoms with Gasteiger partial charge in [-0.25, -0.2) is 4.98 Å². The second-order valence-corrected chi connectivity index (χ2v) is 10.8. The summed E-state index contributed by atoms with van der Waals surface area (Å²) in [7, 11) is 0. The van der Waals surface area contributed by atoms with Crippen molar-refractivity contribution < 1.29 is 18.0 Å². The highest BCUT2D eigenvalue weighted by Gasteiger charge is 2.36. The van der Waals surface area contributed by atoms with E-state index in [2.05, 4.69) is 14.8 Å². The number of thiophene rings is 1. The number of fused-ring (bicyclic) bond motifs is 1. The lowest BCUT2D eigenvalue weighted by Crippen LogP contribution is -2.48. The van der Waals surface area contributed by atoms with Gasteiger partial charge in [0.05, 0.1) is 10.4 Å². The Morgan fingerprint density at radius 1 is 0.718 bits per heavy atom. The van der Waals surface area contributed by atoms with E-state index >= 15 is 0 Å². The third kappa shape index (κ3) is 5.25. The van der Waals surface area contributed by atoms with Crippen LogP contribution >= 0.6 is 11.3 Å². The van der Waals surface area contributed by atoms with E-state index in [0.717, 1.165) is 28.8 Å². The molecule has 6 rings (SSSR count). The zero-order chi connectivity index (χ0) is 27.0. The molecule has 0 saturated carbocycles. The van der Waals surface area contributed by atoms with Crippen LogP contribution in [-0.2, 0) is 6.18 Å². The molecule has 2 saturated heterocycles. The lowest BCUT2D eigenvalue weighted by Gasteiger charge is -2.37. The standard InChI is InChI=1S/C29H28F3N5OS/c30-29(31,32)24-20-26(36-15-11-34(12-16-36)21-7-3-1-4-8-21)33-27-23(24)19-25(39-27)28(38)37-17-13-35(14-18-37)22-9-5-2-6-10-22/h1-10,19-20H,11-18H2. The molecule has 2 aliphatic rings. The molecule has 4 heterocycles. The number of alkyl halides is 3. The number of hydrogen-bond donors (Lipinski definition) is 0. The maximum atomic E-state index is 14.2. The molecule has 2 aliphatic heterocycles. The predicted molar refractivity (Wildman–Crippen MR) is 150 cm³/mol. The second-order valence-electron chi connectivity index (χ2n) is 9.78. The lowest BCUT2D eigenvalue weighted by atomic mass is 10.1. The lowest BCUT2D eigenvalue weighted by molar-refractivity contribution is -0.136. The van der Waals surface area contributed by atoms with E-state index < -0.39 is 11.7 Å². The number of carbonyl (C=O) groups excluding carboxylic acids is 1. The number of aromatic nitrogens is 1. The summed E-state index contributed by atoms with van der Waals surface area (Å²) in [5, 5.41) is -0.00885. The average Bonchev–Trinajstić information content (AvgIpc) is 3.41. The van der Waals surface area contributed by atoms with Gasteiger partial charge in [-0.05, 0) is 36.4 Å². The van der Waals surface area contributed by atoms with E-state index in [0.29, 0.717) is 63.1 Å². The van der Waals surface area contributed by atoms with Gasteiger partial charge in [0.25, 0.3) is 5.91 Å². The van der Waals surface area contributed by atoms with Crippen LogP contribution in [0.2, 0.25) is 0 Å². The summed E-state index contributed by atoms with van der Waals surface area (Å²) < 4.78 is 42.5. The van der Waals surface area contributed by atoms with Crippen LogP contribution in [0.15, 0.2) is 72.8 Å². The number of rotatable bonds is 4. The Labute approximate surface area is 228 Å². The third-order valence-electron chi connectivity index (χ3n) is 7.42. The van der Waals surface area contributed by atoms with E-state index in [1.165, 1.54) is 6.07 Å². The number of amides is 1. The molecule has 0 spiro atoms. The van der Waals surface area contributed by atoms with Crippen molar-refractivity contribution in [1.29, 1.82) is 0 Å². The fourth-order valence-electron chi connectivity index (χ4n) is 5.30. The molecule has 4 aromatic rings. The first-order valence-electron chi connectivity index (χ1n) is 13.0. The molecule has 0 unspecified atom stereocenters. The van der Waals surface area contributed by atoms with Crippen molar-refractivity contribution in [2.24, 2.45) is 0 Å². The molecule has 0 bridgehead atoms. The summed E-state index contributed by atoms with van der Waals surface area (Å²) in [5.74, 6) is 0.0664. The van der Waals surface area contributed by atoms with Gasteiger partial charge in [0.1, 0.15) is 10.6 Å². The van der Waals surface area contributed by atoms with Gasteiger partial charge < -0.3 is 19.6 Å². The fraction of sp³-hybridized carbons (Fsp3) is 0.310. The average molecular weight is 552 g/mol. The van der Waals surface area contributed by atoms with Gasteiger partial charge in [0, 0.05) is 69.1 Å². The second kappa shape index (κ2) is 10.4. The highest BCUT2D eigenvalue weighted by atomic mass is 32.1. The van der Waals surface area contributed by atoms with Crippen molar-refractivity contribution >= 4 is 44.7 Å². The van der Waals surface area contributed by atoms with Crippen LogP contribution < -0.4 is 14.7 Å². The summed E-state index contributed by atoms with van der Waals surface area (Å²) in [5.41, 5.74) is 1.46. The minimum atomic E-state index is -4.55. The predicted octanol–water partition coefficient (Wildman–Crippen LogP) is 5.60. The number of benzene rings is 2. The summed E-state index contributed by atoms with van der Waals surface area (Å²) in [6, 6.07) is 22.5. The Morgan fingerprint density at radius 3 is 1.77 bits per heavy atom. The number of para-hydroxylation sites is 2. The van der Waals surface area contributed by atoms with Crippen LogP contribution in [0, 0.1) is 0 Å². The van der Waals surface area contributed by atoms with E-state index in [1.54, 1.807) is 4.90 Å². The summed E-state index contributed by atoms with van der Waals surface area (Å²) in [4.78, 5) is 26.5. The zero-order valence-electron chi connectivity index (χ0n) is 21.3. The largest absolute Gasteiger partial charge is 0.417 e. The molecule has 10 heteroatoms. The molecule has 39 heavy (non-hydrogen) atoms. The molecule has 2 aromatic carbocycles. The molecule has 0 N–H and O–H groups in total. The monoisotopic (exact) mass is 551 g/mol. The molecule has 202 valence electrons. The number of nitrogens with zero attached hydrogens (tertiary/aromatic N) is 5. The van der Waals surface area contributed by atoms with Crippen LogP contribution in [0.5, 0.6) is 0 Å². The van der Waals surface area contributed by atoms with Crippen molar-refractivity contribution in [1.82, 2.24) is 9.88 Å². The highest BCUT2D eigenvalue weighted by molar-refractivity contribution is 7.20. The molecular weight excluding hydrogens is 523 g/mol. The summed E-state index contributed by atoms with van der Waals surface area (Å²) >= 11 is 1.05. The Morgan fingerprint density at radius 2 is 1.23 bits per heavy atom. The van der Waals surface area contributed by atoms with Crippen LogP contribution in [-0.4, -0.2) is 68.1 Å². The van der Waals surface area contributed by atoms with Gasteiger partial charge in [-0.3, -0.25) is 4.79 Å². The van der Waals surface area contributed by atoms with Gasteiger partial charge >= 0.3 is 6.18 Å². The van der Waals surface area contributed by atoms with Gasteiger partial charge in [-0.2, -0.15) is 13.2 Å². The maximum Gasteiger partial charge on any atom is 0.417 e. The Hall–Kier alpha value is -3.79. The minimum absolute atomic E-state index is 0.00885. The van der Waals surface area contributed by atoms with Crippen LogP contribution in [0.25, 0.3) is 10.2 Å². The number of halogens is 3. The minimum Gasteiger partial charge on any atom is -0.368 e. The quantitative estimate of drug-likeness (QED) is 0.330. The van der Waals surface area contributed by atoms with E-state index in [9.17, 15) is 18.0 Å². The smallest absolute Gasteiger partial charge is 0.368 e. The van der Waals surface area contributed by atoms with Crippen LogP contribution in [0.1, 0.15) is 15.2 Å². The van der Waals surface area contributed by atoms with Gasteiger partial charge in [0.2, 0.25) is 0 Å². The van der Waals surface area contributed by atoms with Crippen molar-refractivity contribution in [3.05, 3.63) is 83.2 Å². The molecule has 2 fully saturated rings. The Kier molecular flexibility index (Phi) is 6.80. The number of pyridine rings is 1. The topological polar surface area (TPSA) is 42.9 Å². The normalized spacial score (nSPS) is 16.7. The fourth-order valence-corrected chi connectivity index (χ4v) is 6.32. The Bertz CT molecular complexity index is 1440. The molecular formula is C29H28F3N5OS. The number of hydrogen-bond acceptors (Lipinski definition) is 6. The Balaban J connectivity index is 1.21. The van der Waals surface area contributed by atoms with Crippen LogP contribution in [0.4, 0.5) is 30.4 Å². The van der Waals surface area contributed by atoms with Crippen molar-refractivity contribution in [3.63, 3.8) is 0 Å². The van der Waals surface area contributed by atoms with Crippen molar-refractivity contribution in [3.8, 4) is 0 Å². The van der Waals surface area contributed by atoms with Crippen molar-refractivity contribution in [2.45, 2.75) is 6.18 Å². The molecule has 1 amide bonds. The highest BCUT2D eigenvalue weighted by Crippen LogP contribution is 2.40. The third-order valence-corrected chi connectivity index (χ3v) is 8.44. The first-order valence-corrected chi connectivity index (χ1v) is 13.8. The molecule has 2 aromatic heterocycles. The number of anilines is 3. The van der Waals surface area contributed by atoms with Crippen molar-refractivity contribution in [2.75, 3.05) is 67.1 Å². The molecule has 0 radical (unpaired) electrons. The summed E-state index contributed by atoms with van der Waals surface area (Å²) in [6.07, 6.45) is -4.55. The van der Waals surface area contributed by atoms with Gasteiger partial charge in [-0.1, -0.05) is 36.4 Å². The van der Waals surface area contributed by atoms with Gasteiger partial charge in [-0.15, -0.1) is 11.3 Å². The number of carbonyl (C=O) groups is 1. The maximum absolute atomic E-state index is 14.2. The first kappa shape index (κ1) is 25.5. The molecule has 0 atom stereocenters.